The summed E-state index contributed by atoms with van der Waals surface area (Å²) in [4.78, 5) is 15.0. The lowest BCUT2D eigenvalue weighted by atomic mass is 10.00. The standard InChI is InChI=1S/C23H30N2O3/c1-4-17-5-9-19(10-6-17)20-16-24-13-14-25(20)23(26)12-8-18-7-11-21(27-2)22(15-18)28-3/h5-7,9-11,15,20,24H,4,8,12-14,16H2,1-3H3. The van der Waals surface area contributed by atoms with Crippen LogP contribution in [0.1, 0.15) is 36.1 Å². The highest BCUT2D eigenvalue weighted by molar-refractivity contribution is 5.77. The monoisotopic (exact) mass is 382 g/mol. The van der Waals surface area contributed by atoms with Crippen LogP contribution in [-0.4, -0.2) is 44.7 Å². The van der Waals surface area contributed by atoms with E-state index < -0.39 is 0 Å². The van der Waals surface area contributed by atoms with Crippen LogP contribution in [0.15, 0.2) is 42.5 Å². The first kappa shape index (κ1) is 20.2. The molecule has 28 heavy (non-hydrogen) atoms. The summed E-state index contributed by atoms with van der Waals surface area (Å²) in [5.41, 5.74) is 3.59. The number of carbonyl (C=O) groups excluding carboxylic acids is 1. The molecule has 1 aliphatic rings. The highest BCUT2D eigenvalue weighted by Gasteiger charge is 2.27. The van der Waals surface area contributed by atoms with E-state index in [1.165, 1.54) is 11.1 Å². The van der Waals surface area contributed by atoms with Crippen LogP contribution in [0.3, 0.4) is 0 Å². The molecule has 0 aromatic heterocycles. The van der Waals surface area contributed by atoms with Gasteiger partial charge in [-0.1, -0.05) is 37.3 Å². The zero-order valence-electron chi connectivity index (χ0n) is 17.0. The van der Waals surface area contributed by atoms with E-state index in [0.29, 0.717) is 24.3 Å². The first-order valence-electron chi connectivity index (χ1n) is 9.96. The molecule has 2 aromatic rings. The molecule has 0 spiro atoms. The predicted octanol–water partition coefficient (Wildman–Crippen LogP) is 3.37. The van der Waals surface area contributed by atoms with E-state index in [0.717, 1.165) is 31.6 Å². The summed E-state index contributed by atoms with van der Waals surface area (Å²) in [6.45, 7) is 4.53. The Bertz CT molecular complexity index is 789. The summed E-state index contributed by atoms with van der Waals surface area (Å²) in [5, 5.41) is 3.42. The van der Waals surface area contributed by atoms with Gasteiger partial charge in [-0.25, -0.2) is 0 Å². The lowest BCUT2D eigenvalue weighted by molar-refractivity contribution is -0.134. The maximum atomic E-state index is 13.0. The number of rotatable bonds is 7. The molecule has 5 nitrogen and oxygen atoms in total. The minimum Gasteiger partial charge on any atom is -0.493 e. The van der Waals surface area contributed by atoms with E-state index in [-0.39, 0.29) is 11.9 Å². The molecular weight excluding hydrogens is 352 g/mol. The van der Waals surface area contributed by atoms with E-state index in [4.69, 9.17) is 9.47 Å². The average molecular weight is 383 g/mol. The Morgan fingerprint density at radius 2 is 1.79 bits per heavy atom. The molecule has 1 amide bonds. The molecule has 1 saturated heterocycles. The Balaban J connectivity index is 1.67. The van der Waals surface area contributed by atoms with Crippen LogP contribution < -0.4 is 14.8 Å². The van der Waals surface area contributed by atoms with Gasteiger partial charge in [0.1, 0.15) is 0 Å². The van der Waals surface area contributed by atoms with Crippen molar-refractivity contribution < 1.29 is 14.3 Å². The number of amides is 1. The van der Waals surface area contributed by atoms with Gasteiger partial charge in [-0.05, 0) is 41.7 Å². The summed E-state index contributed by atoms with van der Waals surface area (Å²) >= 11 is 0. The third-order valence-electron chi connectivity index (χ3n) is 5.41. The van der Waals surface area contributed by atoms with Gasteiger partial charge in [0, 0.05) is 26.1 Å². The molecule has 1 N–H and O–H groups in total. The second kappa shape index (κ2) is 9.60. The number of methoxy groups -OCH3 is 2. The SMILES string of the molecule is CCc1ccc(C2CNCCN2C(=O)CCc2ccc(OC)c(OC)c2)cc1. The van der Waals surface area contributed by atoms with Crippen molar-refractivity contribution in [2.24, 2.45) is 0 Å². The van der Waals surface area contributed by atoms with Crippen molar-refractivity contribution in [2.45, 2.75) is 32.2 Å². The normalized spacial score (nSPS) is 16.7. The molecule has 0 bridgehead atoms. The Hall–Kier alpha value is -2.53. The summed E-state index contributed by atoms with van der Waals surface area (Å²) in [6.07, 6.45) is 2.20. The van der Waals surface area contributed by atoms with E-state index >= 15 is 0 Å². The smallest absolute Gasteiger partial charge is 0.223 e. The molecule has 1 aliphatic heterocycles. The number of piperazine rings is 1. The Labute approximate surface area is 167 Å². The molecule has 0 saturated carbocycles. The van der Waals surface area contributed by atoms with E-state index in [1.54, 1.807) is 14.2 Å². The number of nitrogens with zero attached hydrogens (tertiary/aromatic N) is 1. The topological polar surface area (TPSA) is 50.8 Å². The van der Waals surface area contributed by atoms with Crippen LogP contribution in [0.5, 0.6) is 11.5 Å². The molecule has 0 radical (unpaired) electrons. The van der Waals surface area contributed by atoms with E-state index in [2.05, 4.69) is 36.5 Å². The van der Waals surface area contributed by atoms with Gasteiger partial charge in [-0.15, -0.1) is 0 Å². The van der Waals surface area contributed by atoms with Crippen molar-refractivity contribution in [3.05, 3.63) is 59.2 Å². The minimum absolute atomic E-state index is 0.0950. The second-order valence-electron chi connectivity index (χ2n) is 7.09. The van der Waals surface area contributed by atoms with Crippen molar-refractivity contribution in [2.75, 3.05) is 33.9 Å². The zero-order valence-corrected chi connectivity index (χ0v) is 17.0. The number of carbonyl (C=O) groups is 1. The van der Waals surface area contributed by atoms with Gasteiger partial charge in [-0.3, -0.25) is 4.79 Å². The van der Waals surface area contributed by atoms with Gasteiger partial charge in [0.15, 0.2) is 11.5 Å². The first-order chi connectivity index (χ1) is 13.7. The summed E-state index contributed by atoms with van der Waals surface area (Å²) in [5.74, 6) is 1.60. The van der Waals surface area contributed by atoms with Gasteiger partial charge in [-0.2, -0.15) is 0 Å². The lowest BCUT2D eigenvalue weighted by Crippen LogP contribution is -2.48. The highest BCUT2D eigenvalue weighted by Crippen LogP contribution is 2.29. The maximum Gasteiger partial charge on any atom is 0.223 e. The molecule has 1 unspecified atom stereocenters. The van der Waals surface area contributed by atoms with E-state index in [1.807, 2.05) is 23.1 Å². The van der Waals surface area contributed by atoms with Crippen LogP contribution in [-0.2, 0) is 17.6 Å². The fraction of sp³-hybridized carbons (Fsp3) is 0.435. The maximum absolute atomic E-state index is 13.0. The minimum atomic E-state index is 0.0950. The Morgan fingerprint density at radius 3 is 2.46 bits per heavy atom. The number of hydrogen-bond donors (Lipinski definition) is 1. The number of benzene rings is 2. The van der Waals surface area contributed by atoms with Crippen molar-refractivity contribution in [1.29, 1.82) is 0 Å². The average Bonchev–Trinajstić information content (AvgIpc) is 2.77. The van der Waals surface area contributed by atoms with E-state index in [9.17, 15) is 4.79 Å². The first-order valence-corrected chi connectivity index (χ1v) is 9.96. The van der Waals surface area contributed by atoms with Crippen LogP contribution in [0.2, 0.25) is 0 Å². The molecule has 5 heteroatoms. The highest BCUT2D eigenvalue weighted by atomic mass is 16.5. The summed E-state index contributed by atoms with van der Waals surface area (Å²) < 4.78 is 10.6. The quantitative estimate of drug-likeness (QED) is 0.798. The van der Waals surface area contributed by atoms with Gasteiger partial charge >= 0.3 is 0 Å². The Kier molecular flexibility index (Phi) is 6.93. The van der Waals surface area contributed by atoms with Crippen LogP contribution in [0.4, 0.5) is 0 Å². The third-order valence-corrected chi connectivity index (χ3v) is 5.41. The van der Waals surface area contributed by atoms with Gasteiger partial charge in [0.25, 0.3) is 0 Å². The van der Waals surface area contributed by atoms with Gasteiger partial charge in [0.05, 0.1) is 20.3 Å². The molecule has 3 rings (SSSR count). The Morgan fingerprint density at radius 1 is 1.07 bits per heavy atom. The zero-order chi connectivity index (χ0) is 19.9. The fourth-order valence-electron chi connectivity index (χ4n) is 3.71. The fourth-order valence-corrected chi connectivity index (χ4v) is 3.71. The van der Waals surface area contributed by atoms with Gasteiger partial charge < -0.3 is 19.7 Å². The van der Waals surface area contributed by atoms with Crippen molar-refractivity contribution in [1.82, 2.24) is 10.2 Å². The second-order valence-corrected chi connectivity index (χ2v) is 7.09. The molecule has 2 aromatic carbocycles. The molecule has 1 fully saturated rings. The number of hydrogen-bond acceptors (Lipinski definition) is 4. The molecular formula is C23H30N2O3. The van der Waals surface area contributed by atoms with Crippen molar-refractivity contribution in [3.8, 4) is 11.5 Å². The lowest BCUT2D eigenvalue weighted by Gasteiger charge is -2.37. The molecule has 150 valence electrons. The largest absolute Gasteiger partial charge is 0.493 e. The van der Waals surface area contributed by atoms with Crippen LogP contribution >= 0.6 is 0 Å². The van der Waals surface area contributed by atoms with Crippen LogP contribution in [0, 0.1) is 0 Å². The molecule has 0 aliphatic carbocycles. The molecule has 1 heterocycles. The predicted molar refractivity (Wildman–Crippen MR) is 111 cm³/mol. The summed E-state index contributed by atoms with van der Waals surface area (Å²) in [7, 11) is 3.25. The number of nitrogens with one attached hydrogen (secondary N) is 1. The van der Waals surface area contributed by atoms with Gasteiger partial charge in [0.2, 0.25) is 5.91 Å². The summed E-state index contributed by atoms with van der Waals surface area (Å²) in [6, 6.07) is 14.6. The van der Waals surface area contributed by atoms with Crippen molar-refractivity contribution >= 4 is 5.91 Å². The number of ether oxygens (including phenoxy) is 2. The molecule has 1 atom stereocenters. The number of aryl methyl sites for hydroxylation is 2. The van der Waals surface area contributed by atoms with Crippen LogP contribution in [0.25, 0.3) is 0 Å². The van der Waals surface area contributed by atoms with Crippen molar-refractivity contribution in [3.63, 3.8) is 0 Å². The third kappa shape index (κ3) is 4.65.